The maximum absolute atomic E-state index is 11.5. The number of carbonyl (C=O) groups excluding carboxylic acids is 2. The van der Waals surface area contributed by atoms with E-state index in [1.54, 1.807) is 24.3 Å². The molecule has 0 bridgehead atoms. The standard InChI is InChI=1S/C13H15ClO3/c14-12(15)9-5-2-6-10-17-13(16)11-7-3-1-4-8-11/h1,3-4,7-8H,2,5-6,9-10H2. The lowest BCUT2D eigenvalue weighted by Gasteiger charge is -2.04. The summed E-state index contributed by atoms with van der Waals surface area (Å²) in [6.45, 7) is 0.379. The highest BCUT2D eigenvalue weighted by molar-refractivity contribution is 6.63. The highest BCUT2D eigenvalue weighted by atomic mass is 35.5. The fourth-order valence-corrected chi connectivity index (χ4v) is 1.50. The molecule has 3 nitrogen and oxygen atoms in total. The molecule has 4 heteroatoms. The molecule has 0 unspecified atom stereocenters. The molecule has 0 amide bonds. The lowest BCUT2D eigenvalue weighted by molar-refractivity contribution is -0.111. The van der Waals surface area contributed by atoms with E-state index in [-0.39, 0.29) is 11.2 Å². The molecule has 0 aliphatic carbocycles. The van der Waals surface area contributed by atoms with E-state index in [1.807, 2.05) is 6.07 Å². The minimum absolute atomic E-state index is 0.306. The van der Waals surface area contributed by atoms with E-state index >= 15 is 0 Å². The third-order valence-electron chi connectivity index (χ3n) is 2.26. The average Bonchev–Trinajstić information content (AvgIpc) is 2.34. The van der Waals surface area contributed by atoms with Crippen LogP contribution in [-0.2, 0) is 9.53 Å². The van der Waals surface area contributed by atoms with Crippen molar-refractivity contribution in [2.75, 3.05) is 6.61 Å². The minimum atomic E-state index is -0.314. The summed E-state index contributed by atoms with van der Waals surface area (Å²) < 4.78 is 5.08. The molecule has 0 N–H and O–H groups in total. The Morgan fingerprint density at radius 1 is 1.06 bits per heavy atom. The lowest BCUT2D eigenvalue weighted by Crippen LogP contribution is -2.06. The predicted octanol–water partition coefficient (Wildman–Crippen LogP) is 3.17. The van der Waals surface area contributed by atoms with Gasteiger partial charge in [0, 0.05) is 6.42 Å². The van der Waals surface area contributed by atoms with E-state index in [0.29, 0.717) is 18.6 Å². The maximum Gasteiger partial charge on any atom is 0.338 e. The number of esters is 1. The Morgan fingerprint density at radius 2 is 1.76 bits per heavy atom. The van der Waals surface area contributed by atoms with Crippen molar-refractivity contribution >= 4 is 22.8 Å². The molecule has 0 atom stereocenters. The van der Waals surface area contributed by atoms with Crippen LogP contribution in [0.25, 0.3) is 0 Å². The molecule has 0 heterocycles. The smallest absolute Gasteiger partial charge is 0.338 e. The van der Waals surface area contributed by atoms with Crippen LogP contribution in [0.5, 0.6) is 0 Å². The number of carbonyl (C=O) groups is 2. The highest BCUT2D eigenvalue weighted by Crippen LogP contribution is 2.05. The molecular formula is C13H15ClO3. The van der Waals surface area contributed by atoms with E-state index < -0.39 is 0 Å². The number of rotatable bonds is 7. The van der Waals surface area contributed by atoms with Gasteiger partial charge < -0.3 is 4.74 Å². The zero-order chi connectivity index (χ0) is 12.5. The summed E-state index contributed by atoms with van der Waals surface area (Å²) in [7, 11) is 0. The van der Waals surface area contributed by atoms with Gasteiger partial charge in [-0.3, -0.25) is 4.79 Å². The van der Waals surface area contributed by atoms with E-state index in [4.69, 9.17) is 16.3 Å². The van der Waals surface area contributed by atoms with Gasteiger partial charge in [-0.25, -0.2) is 4.79 Å². The molecule has 1 rings (SSSR count). The fourth-order valence-electron chi connectivity index (χ4n) is 1.37. The van der Waals surface area contributed by atoms with Crippen LogP contribution in [-0.4, -0.2) is 17.8 Å². The van der Waals surface area contributed by atoms with Crippen LogP contribution in [0.4, 0.5) is 0 Å². The van der Waals surface area contributed by atoms with Crippen LogP contribution in [0.15, 0.2) is 30.3 Å². The summed E-state index contributed by atoms with van der Waals surface area (Å²) in [5, 5.41) is -0.314. The monoisotopic (exact) mass is 254 g/mol. The van der Waals surface area contributed by atoms with Crippen molar-refractivity contribution in [3.8, 4) is 0 Å². The summed E-state index contributed by atoms with van der Waals surface area (Å²) in [6, 6.07) is 8.87. The van der Waals surface area contributed by atoms with Gasteiger partial charge in [0.15, 0.2) is 0 Å². The highest BCUT2D eigenvalue weighted by Gasteiger charge is 2.05. The Balaban J connectivity index is 2.11. The van der Waals surface area contributed by atoms with Crippen molar-refractivity contribution in [3.05, 3.63) is 35.9 Å². The first-order valence-corrected chi connectivity index (χ1v) is 5.98. The Labute approximate surface area is 106 Å². The molecule has 0 radical (unpaired) electrons. The second kappa shape index (κ2) is 7.85. The summed E-state index contributed by atoms with van der Waals surface area (Å²) in [6.07, 6.45) is 2.71. The van der Waals surface area contributed by atoms with Gasteiger partial charge in [-0.1, -0.05) is 18.2 Å². The molecule has 1 aromatic rings. The molecule has 0 spiro atoms. The second-order valence-corrected chi connectivity index (χ2v) is 4.09. The first kappa shape index (κ1) is 13.7. The van der Waals surface area contributed by atoms with Crippen LogP contribution in [0.3, 0.4) is 0 Å². The Morgan fingerprint density at radius 3 is 2.41 bits per heavy atom. The third kappa shape index (κ3) is 6.07. The summed E-state index contributed by atoms with van der Waals surface area (Å²) in [5.41, 5.74) is 0.559. The summed E-state index contributed by atoms with van der Waals surface area (Å²) >= 11 is 5.20. The summed E-state index contributed by atoms with van der Waals surface area (Å²) in [4.78, 5) is 21.9. The van der Waals surface area contributed by atoms with Gasteiger partial charge in [0.25, 0.3) is 0 Å². The van der Waals surface area contributed by atoms with E-state index in [2.05, 4.69) is 0 Å². The van der Waals surface area contributed by atoms with Crippen molar-refractivity contribution in [1.29, 1.82) is 0 Å². The predicted molar refractivity (Wildman–Crippen MR) is 66.1 cm³/mol. The van der Waals surface area contributed by atoms with Crippen LogP contribution in [0, 0.1) is 0 Å². The first-order valence-electron chi connectivity index (χ1n) is 5.60. The van der Waals surface area contributed by atoms with E-state index in [9.17, 15) is 9.59 Å². The van der Waals surface area contributed by atoms with Crippen molar-refractivity contribution in [1.82, 2.24) is 0 Å². The molecule has 0 fully saturated rings. The molecule has 17 heavy (non-hydrogen) atoms. The van der Waals surface area contributed by atoms with Crippen LogP contribution in [0.1, 0.15) is 36.0 Å². The van der Waals surface area contributed by atoms with Crippen molar-refractivity contribution in [2.45, 2.75) is 25.7 Å². The number of benzene rings is 1. The van der Waals surface area contributed by atoms with Gasteiger partial charge in [0.2, 0.25) is 5.24 Å². The van der Waals surface area contributed by atoms with Gasteiger partial charge in [-0.2, -0.15) is 0 Å². The van der Waals surface area contributed by atoms with Gasteiger partial charge in [-0.15, -0.1) is 0 Å². The molecular weight excluding hydrogens is 240 g/mol. The number of ether oxygens (including phenoxy) is 1. The molecule has 0 aliphatic rings. The lowest BCUT2D eigenvalue weighted by atomic mass is 10.2. The van der Waals surface area contributed by atoms with Gasteiger partial charge in [-0.05, 0) is 43.0 Å². The van der Waals surface area contributed by atoms with Crippen molar-refractivity contribution in [2.24, 2.45) is 0 Å². The topological polar surface area (TPSA) is 43.4 Å². The number of unbranched alkanes of at least 4 members (excludes halogenated alkanes) is 2. The zero-order valence-corrected chi connectivity index (χ0v) is 10.3. The Bertz CT molecular complexity index is 362. The second-order valence-electron chi connectivity index (χ2n) is 3.67. The molecule has 1 aromatic carbocycles. The largest absolute Gasteiger partial charge is 0.462 e. The molecule has 0 saturated heterocycles. The molecule has 0 aliphatic heterocycles. The average molecular weight is 255 g/mol. The van der Waals surface area contributed by atoms with E-state index in [0.717, 1.165) is 19.3 Å². The first-order chi connectivity index (χ1) is 8.20. The molecule has 0 aromatic heterocycles. The van der Waals surface area contributed by atoms with Crippen molar-refractivity contribution in [3.63, 3.8) is 0 Å². The SMILES string of the molecule is O=C(Cl)CCCCCOC(=O)c1ccccc1. The van der Waals surface area contributed by atoms with Gasteiger partial charge in [0.1, 0.15) is 0 Å². The van der Waals surface area contributed by atoms with Gasteiger partial charge >= 0.3 is 5.97 Å². The number of hydrogen-bond acceptors (Lipinski definition) is 3. The molecule has 92 valence electrons. The Hall–Kier alpha value is -1.35. The minimum Gasteiger partial charge on any atom is -0.462 e. The number of hydrogen-bond donors (Lipinski definition) is 0. The van der Waals surface area contributed by atoms with Gasteiger partial charge in [0.05, 0.1) is 12.2 Å². The number of halogens is 1. The van der Waals surface area contributed by atoms with Crippen LogP contribution < -0.4 is 0 Å². The quantitative estimate of drug-likeness (QED) is 0.426. The normalized spacial score (nSPS) is 9.94. The van der Waals surface area contributed by atoms with E-state index in [1.165, 1.54) is 0 Å². The fraction of sp³-hybridized carbons (Fsp3) is 0.385. The maximum atomic E-state index is 11.5. The summed E-state index contributed by atoms with van der Waals surface area (Å²) in [5.74, 6) is -0.306. The third-order valence-corrected chi connectivity index (χ3v) is 2.45. The Kier molecular flexibility index (Phi) is 6.33. The van der Waals surface area contributed by atoms with Crippen LogP contribution in [0.2, 0.25) is 0 Å². The van der Waals surface area contributed by atoms with Crippen LogP contribution >= 0.6 is 11.6 Å². The zero-order valence-electron chi connectivity index (χ0n) is 9.52. The molecule has 0 saturated carbocycles. The van der Waals surface area contributed by atoms with Crippen molar-refractivity contribution < 1.29 is 14.3 Å².